The number of nitrogens with one attached hydrogen (secondary N) is 1. The lowest BCUT2D eigenvalue weighted by atomic mass is 9.99. The van der Waals surface area contributed by atoms with Crippen LogP contribution in [0.1, 0.15) is 20.3 Å². The molecule has 106 valence electrons. The molecule has 0 spiro atoms. The molecule has 1 aromatic carbocycles. The fraction of sp³-hybridized carbons (Fsp3) is 0.500. The summed E-state index contributed by atoms with van der Waals surface area (Å²) < 4.78 is 0.922. The summed E-state index contributed by atoms with van der Waals surface area (Å²) in [6.45, 7) is 4.01. The molecule has 0 aliphatic heterocycles. The predicted molar refractivity (Wildman–Crippen MR) is 84.5 cm³/mol. The Morgan fingerprint density at radius 1 is 1.47 bits per heavy atom. The first-order valence-corrected chi connectivity index (χ1v) is 7.19. The Labute approximate surface area is 123 Å². The first-order chi connectivity index (χ1) is 8.86. The molecular weight excluding hydrogens is 306 g/mol. The standard InChI is InChI=1S/C14H22BrN3O/c1-5-9(2)13(16)14(19)17-11-8-10(15)6-7-12(11)18(3)4/h6-9,13H,5,16H2,1-4H3,(H,17,19)/t9-,13-/m0/s1. The van der Waals surface area contributed by atoms with E-state index in [1.807, 2.05) is 51.0 Å². The van der Waals surface area contributed by atoms with E-state index in [1.54, 1.807) is 0 Å². The third kappa shape index (κ3) is 4.21. The van der Waals surface area contributed by atoms with Crippen LogP contribution in [0.4, 0.5) is 11.4 Å². The lowest BCUT2D eigenvalue weighted by Gasteiger charge is -2.21. The van der Waals surface area contributed by atoms with Crippen LogP contribution in [0.25, 0.3) is 0 Å². The second kappa shape index (κ2) is 6.91. The molecule has 5 heteroatoms. The molecule has 0 fully saturated rings. The van der Waals surface area contributed by atoms with Crippen LogP contribution in [0, 0.1) is 5.92 Å². The summed E-state index contributed by atoms with van der Waals surface area (Å²) in [5.41, 5.74) is 7.66. The van der Waals surface area contributed by atoms with Crippen LogP contribution in [-0.2, 0) is 4.79 Å². The van der Waals surface area contributed by atoms with Crippen molar-refractivity contribution in [2.75, 3.05) is 24.3 Å². The molecule has 0 unspecified atom stereocenters. The molecular formula is C14H22BrN3O. The van der Waals surface area contributed by atoms with Crippen LogP contribution < -0.4 is 16.0 Å². The summed E-state index contributed by atoms with van der Waals surface area (Å²) in [5, 5.41) is 2.91. The monoisotopic (exact) mass is 327 g/mol. The molecule has 0 aliphatic rings. The van der Waals surface area contributed by atoms with Gasteiger partial charge in [0.15, 0.2) is 0 Å². The van der Waals surface area contributed by atoms with Crippen molar-refractivity contribution in [2.45, 2.75) is 26.3 Å². The van der Waals surface area contributed by atoms with Gasteiger partial charge in [-0.05, 0) is 24.1 Å². The molecule has 0 radical (unpaired) electrons. The zero-order valence-electron chi connectivity index (χ0n) is 11.9. The summed E-state index contributed by atoms with van der Waals surface area (Å²) in [4.78, 5) is 14.1. The van der Waals surface area contributed by atoms with Crippen molar-refractivity contribution >= 4 is 33.2 Å². The van der Waals surface area contributed by atoms with Gasteiger partial charge in [-0.25, -0.2) is 0 Å². The Morgan fingerprint density at radius 3 is 2.63 bits per heavy atom. The molecule has 1 aromatic rings. The topological polar surface area (TPSA) is 58.4 Å². The molecule has 2 atom stereocenters. The maximum Gasteiger partial charge on any atom is 0.241 e. The number of amides is 1. The molecule has 0 saturated heterocycles. The SMILES string of the molecule is CC[C@H](C)[C@H](N)C(=O)Nc1cc(Br)ccc1N(C)C. The van der Waals surface area contributed by atoms with Gasteiger partial charge in [0, 0.05) is 18.6 Å². The molecule has 0 bridgehead atoms. The molecule has 1 rings (SSSR count). The first kappa shape index (κ1) is 16.0. The maximum absolute atomic E-state index is 12.1. The third-order valence-corrected chi connectivity index (χ3v) is 3.75. The van der Waals surface area contributed by atoms with Crippen LogP contribution in [0.3, 0.4) is 0 Å². The van der Waals surface area contributed by atoms with Crippen molar-refractivity contribution < 1.29 is 4.79 Å². The van der Waals surface area contributed by atoms with E-state index in [4.69, 9.17) is 5.73 Å². The number of nitrogens with two attached hydrogens (primary N) is 1. The number of rotatable bonds is 5. The fourth-order valence-electron chi connectivity index (χ4n) is 1.73. The van der Waals surface area contributed by atoms with Crippen molar-refractivity contribution in [1.29, 1.82) is 0 Å². The summed E-state index contributed by atoms with van der Waals surface area (Å²) in [5.74, 6) is 0.0190. The molecule has 3 N–H and O–H groups in total. The highest BCUT2D eigenvalue weighted by Gasteiger charge is 2.20. The molecule has 0 heterocycles. The van der Waals surface area contributed by atoms with Crippen LogP contribution in [0.15, 0.2) is 22.7 Å². The van der Waals surface area contributed by atoms with Gasteiger partial charge in [0.25, 0.3) is 0 Å². The second-order valence-corrected chi connectivity index (χ2v) is 5.87. The Bertz CT molecular complexity index is 448. The molecule has 19 heavy (non-hydrogen) atoms. The highest BCUT2D eigenvalue weighted by Crippen LogP contribution is 2.28. The number of benzene rings is 1. The lowest BCUT2D eigenvalue weighted by molar-refractivity contribution is -0.118. The minimum absolute atomic E-state index is 0.143. The van der Waals surface area contributed by atoms with Crippen molar-refractivity contribution in [3.8, 4) is 0 Å². The molecule has 0 saturated carbocycles. The number of nitrogens with zero attached hydrogens (tertiary/aromatic N) is 1. The predicted octanol–water partition coefficient (Wildman–Crippen LogP) is 2.83. The van der Waals surface area contributed by atoms with E-state index in [2.05, 4.69) is 21.2 Å². The minimum atomic E-state index is -0.487. The van der Waals surface area contributed by atoms with E-state index in [1.165, 1.54) is 0 Å². The summed E-state index contributed by atoms with van der Waals surface area (Å²) in [6.07, 6.45) is 0.883. The van der Waals surface area contributed by atoms with E-state index in [0.29, 0.717) is 0 Å². The van der Waals surface area contributed by atoms with Gasteiger partial charge < -0.3 is 16.0 Å². The van der Waals surface area contributed by atoms with Crippen molar-refractivity contribution in [1.82, 2.24) is 0 Å². The minimum Gasteiger partial charge on any atom is -0.376 e. The number of halogens is 1. The number of carbonyl (C=O) groups excluding carboxylic acids is 1. The van der Waals surface area contributed by atoms with E-state index in [9.17, 15) is 4.79 Å². The molecule has 1 amide bonds. The van der Waals surface area contributed by atoms with Crippen molar-refractivity contribution in [3.63, 3.8) is 0 Å². The van der Waals surface area contributed by atoms with Gasteiger partial charge in [0.1, 0.15) is 0 Å². The summed E-state index contributed by atoms with van der Waals surface area (Å²) in [6, 6.07) is 5.30. The lowest BCUT2D eigenvalue weighted by Crippen LogP contribution is -2.40. The number of anilines is 2. The molecule has 4 nitrogen and oxygen atoms in total. The van der Waals surface area contributed by atoms with Crippen molar-refractivity contribution in [2.24, 2.45) is 11.7 Å². The van der Waals surface area contributed by atoms with Gasteiger partial charge in [-0.15, -0.1) is 0 Å². The van der Waals surface area contributed by atoms with Crippen LogP contribution in [0.2, 0.25) is 0 Å². The Kier molecular flexibility index (Phi) is 5.82. The van der Waals surface area contributed by atoms with Gasteiger partial charge in [0.2, 0.25) is 5.91 Å². The molecule has 0 aromatic heterocycles. The fourth-order valence-corrected chi connectivity index (χ4v) is 2.09. The third-order valence-electron chi connectivity index (χ3n) is 3.26. The Balaban J connectivity index is 2.92. The van der Waals surface area contributed by atoms with Gasteiger partial charge in [-0.2, -0.15) is 0 Å². The normalized spacial score (nSPS) is 13.8. The quantitative estimate of drug-likeness (QED) is 0.874. The van der Waals surface area contributed by atoms with Crippen LogP contribution >= 0.6 is 15.9 Å². The second-order valence-electron chi connectivity index (χ2n) is 4.96. The molecule has 0 aliphatic carbocycles. The average molecular weight is 328 g/mol. The number of hydrogen-bond donors (Lipinski definition) is 2. The summed E-state index contributed by atoms with van der Waals surface area (Å²) in [7, 11) is 3.88. The van der Waals surface area contributed by atoms with Gasteiger partial charge in [-0.1, -0.05) is 36.2 Å². The van der Waals surface area contributed by atoms with E-state index in [0.717, 1.165) is 22.3 Å². The Hall–Kier alpha value is -1.07. The van der Waals surface area contributed by atoms with Gasteiger partial charge in [0.05, 0.1) is 17.4 Å². The van der Waals surface area contributed by atoms with Gasteiger partial charge in [-0.3, -0.25) is 4.79 Å². The number of carbonyl (C=O) groups is 1. The average Bonchev–Trinajstić information content (AvgIpc) is 2.36. The van der Waals surface area contributed by atoms with E-state index in [-0.39, 0.29) is 11.8 Å². The van der Waals surface area contributed by atoms with Gasteiger partial charge >= 0.3 is 0 Å². The van der Waals surface area contributed by atoms with Crippen molar-refractivity contribution in [3.05, 3.63) is 22.7 Å². The zero-order valence-corrected chi connectivity index (χ0v) is 13.5. The first-order valence-electron chi connectivity index (χ1n) is 6.40. The highest BCUT2D eigenvalue weighted by atomic mass is 79.9. The van der Waals surface area contributed by atoms with E-state index >= 15 is 0 Å². The largest absolute Gasteiger partial charge is 0.376 e. The number of hydrogen-bond acceptors (Lipinski definition) is 3. The van der Waals surface area contributed by atoms with Crippen LogP contribution in [-0.4, -0.2) is 26.0 Å². The zero-order chi connectivity index (χ0) is 14.6. The van der Waals surface area contributed by atoms with Crippen LogP contribution in [0.5, 0.6) is 0 Å². The summed E-state index contributed by atoms with van der Waals surface area (Å²) >= 11 is 3.41. The van der Waals surface area contributed by atoms with E-state index < -0.39 is 6.04 Å². The smallest absolute Gasteiger partial charge is 0.241 e. The maximum atomic E-state index is 12.1. The highest BCUT2D eigenvalue weighted by molar-refractivity contribution is 9.10. The Morgan fingerprint density at radius 2 is 2.11 bits per heavy atom.